The van der Waals surface area contributed by atoms with Gasteiger partial charge in [0.15, 0.2) is 0 Å². The Morgan fingerprint density at radius 2 is 1.79 bits per heavy atom. The van der Waals surface area contributed by atoms with Gasteiger partial charge in [0.25, 0.3) is 0 Å². The molecule has 0 bridgehead atoms. The van der Waals surface area contributed by atoms with Crippen LogP contribution in [0.5, 0.6) is 5.75 Å². The number of carbonyl (C=O) groups is 1. The molecular weight excluding hydrogens is 383 g/mol. The second-order valence-corrected chi connectivity index (χ2v) is 6.85. The molecule has 3 rings (SSSR count). The van der Waals surface area contributed by atoms with Crippen LogP contribution in [0.1, 0.15) is 25.0 Å². The maximum atomic E-state index is 14.1. The monoisotopic (exact) mass is 408 g/mol. The van der Waals surface area contributed by atoms with Gasteiger partial charge in [0.2, 0.25) is 0 Å². The van der Waals surface area contributed by atoms with Gasteiger partial charge in [0.05, 0.1) is 0 Å². The first-order valence-electron chi connectivity index (χ1n) is 9.15. The first kappa shape index (κ1) is 22.0. The third kappa shape index (κ3) is 5.59. The molecule has 2 aromatic rings. The number of hydrogen-bond donors (Lipinski definition) is 1. The molecule has 1 aliphatic rings. The summed E-state index contributed by atoms with van der Waals surface area (Å²) in [6, 6.07) is 14.3. The SMILES string of the molecule is C[C@@H]1CNC[C@H](C)N1C(=O)OCc1cc(OCc2ccccc2)ccc1F.Cl. The molecule has 1 fully saturated rings. The molecule has 7 heteroatoms. The minimum atomic E-state index is -0.425. The molecule has 0 spiro atoms. The van der Waals surface area contributed by atoms with Crippen molar-refractivity contribution in [3.63, 3.8) is 0 Å². The van der Waals surface area contributed by atoms with E-state index in [1.807, 2.05) is 44.2 Å². The van der Waals surface area contributed by atoms with Crippen molar-refractivity contribution in [1.29, 1.82) is 0 Å². The van der Waals surface area contributed by atoms with E-state index in [0.29, 0.717) is 17.9 Å². The maximum absolute atomic E-state index is 14.1. The lowest BCUT2D eigenvalue weighted by atomic mass is 10.1. The lowest BCUT2D eigenvalue weighted by Gasteiger charge is -2.38. The van der Waals surface area contributed by atoms with Crippen molar-refractivity contribution >= 4 is 18.5 Å². The Bertz CT molecular complexity index is 766. The van der Waals surface area contributed by atoms with Crippen LogP contribution in [0.25, 0.3) is 0 Å². The number of amides is 1. The third-order valence-corrected chi connectivity index (χ3v) is 4.66. The predicted octanol–water partition coefficient (Wildman–Crippen LogP) is 4.15. The van der Waals surface area contributed by atoms with E-state index >= 15 is 0 Å². The van der Waals surface area contributed by atoms with Crippen LogP contribution in [0.15, 0.2) is 48.5 Å². The zero-order valence-corrected chi connectivity index (χ0v) is 16.9. The lowest BCUT2D eigenvalue weighted by molar-refractivity contribution is 0.0557. The molecule has 1 N–H and O–H groups in total. The number of hydrogen-bond acceptors (Lipinski definition) is 4. The summed E-state index contributed by atoms with van der Waals surface area (Å²) in [6.07, 6.45) is -0.425. The van der Waals surface area contributed by atoms with Crippen LogP contribution in [-0.2, 0) is 18.0 Å². The fraction of sp³-hybridized carbons (Fsp3) is 0.381. The van der Waals surface area contributed by atoms with Crippen LogP contribution in [-0.4, -0.2) is 36.2 Å². The summed E-state index contributed by atoms with van der Waals surface area (Å²) >= 11 is 0. The number of benzene rings is 2. The normalized spacial score (nSPS) is 18.9. The van der Waals surface area contributed by atoms with E-state index in [-0.39, 0.29) is 31.1 Å². The first-order chi connectivity index (χ1) is 13.0. The predicted molar refractivity (Wildman–Crippen MR) is 108 cm³/mol. The van der Waals surface area contributed by atoms with Crippen LogP contribution in [0.2, 0.25) is 0 Å². The topological polar surface area (TPSA) is 50.8 Å². The standard InChI is InChI=1S/C21H25FN2O3.ClH/c1-15-11-23-12-16(2)24(15)21(25)27-14-18-10-19(8-9-20(18)22)26-13-17-6-4-3-5-7-17;/h3-10,15-16,23H,11-14H2,1-2H3;1H/t15-,16+;. The smallest absolute Gasteiger partial charge is 0.410 e. The van der Waals surface area contributed by atoms with Gasteiger partial charge < -0.3 is 19.7 Å². The van der Waals surface area contributed by atoms with E-state index in [1.165, 1.54) is 6.07 Å². The van der Waals surface area contributed by atoms with Crippen LogP contribution >= 0.6 is 12.4 Å². The second-order valence-electron chi connectivity index (χ2n) is 6.85. The average molecular weight is 409 g/mol. The van der Waals surface area contributed by atoms with E-state index in [9.17, 15) is 9.18 Å². The number of nitrogens with one attached hydrogen (secondary N) is 1. The Hall–Kier alpha value is -2.31. The second kappa shape index (κ2) is 10.3. The van der Waals surface area contributed by atoms with Crippen molar-refractivity contribution < 1.29 is 18.7 Å². The van der Waals surface area contributed by atoms with Crippen LogP contribution in [0.3, 0.4) is 0 Å². The molecule has 0 saturated carbocycles. The maximum Gasteiger partial charge on any atom is 0.410 e. The summed E-state index contributed by atoms with van der Waals surface area (Å²) in [7, 11) is 0. The summed E-state index contributed by atoms with van der Waals surface area (Å²) in [5, 5.41) is 3.26. The van der Waals surface area contributed by atoms with Gasteiger partial charge in [0.1, 0.15) is 24.8 Å². The third-order valence-electron chi connectivity index (χ3n) is 4.66. The summed E-state index contributed by atoms with van der Waals surface area (Å²) in [4.78, 5) is 14.1. The highest BCUT2D eigenvalue weighted by Gasteiger charge is 2.30. The molecule has 0 aromatic heterocycles. The van der Waals surface area contributed by atoms with Gasteiger partial charge in [-0.1, -0.05) is 30.3 Å². The molecule has 2 atom stereocenters. The quantitative estimate of drug-likeness (QED) is 0.807. The zero-order valence-electron chi connectivity index (χ0n) is 16.1. The number of ether oxygens (including phenoxy) is 2. The molecule has 152 valence electrons. The zero-order chi connectivity index (χ0) is 19.2. The van der Waals surface area contributed by atoms with Crippen molar-refractivity contribution in [3.8, 4) is 5.75 Å². The number of piperazine rings is 1. The molecule has 0 radical (unpaired) electrons. The summed E-state index contributed by atoms with van der Waals surface area (Å²) < 4.78 is 25.2. The van der Waals surface area contributed by atoms with Gasteiger partial charge in [-0.05, 0) is 37.6 Å². The Morgan fingerprint density at radius 1 is 1.11 bits per heavy atom. The highest BCUT2D eigenvalue weighted by molar-refractivity contribution is 5.85. The molecule has 28 heavy (non-hydrogen) atoms. The molecule has 1 saturated heterocycles. The van der Waals surface area contributed by atoms with Crippen molar-refractivity contribution in [3.05, 3.63) is 65.5 Å². The van der Waals surface area contributed by atoms with Crippen LogP contribution < -0.4 is 10.1 Å². The lowest BCUT2D eigenvalue weighted by Crippen LogP contribution is -2.57. The van der Waals surface area contributed by atoms with Crippen LogP contribution in [0.4, 0.5) is 9.18 Å². The molecule has 0 unspecified atom stereocenters. The first-order valence-corrected chi connectivity index (χ1v) is 9.15. The number of halogens is 2. The van der Waals surface area contributed by atoms with E-state index in [4.69, 9.17) is 9.47 Å². The molecule has 0 aliphatic carbocycles. The molecule has 5 nitrogen and oxygen atoms in total. The highest BCUT2D eigenvalue weighted by atomic mass is 35.5. The molecular formula is C21H26ClFN2O3. The Kier molecular flexibility index (Phi) is 8.08. The largest absolute Gasteiger partial charge is 0.489 e. The van der Waals surface area contributed by atoms with Gasteiger partial charge in [-0.3, -0.25) is 0 Å². The van der Waals surface area contributed by atoms with Gasteiger partial charge in [-0.15, -0.1) is 12.4 Å². The highest BCUT2D eigenvalue weighted by Crippen LogP contribution is 2.20. The van der Waals surface area contributed by atoms with Crippen molar-refractivity contribution in [1.82, 2.24) is 10.2 Å². The summed E-state index contributed by atoms with van der Waals surface area (Å²) in [5.41, 5.74) is 1.32. The van der Waals surface area contributed by atoms with Gasteiger partial charge >= 0.3 is 6.09 Å². The summed E-state index contributed by atoms with van der Waals surface area (Å²) in [5.74, 6) is 0.117. The molecule has 1 amide bonds. The fourth-order valence-corrected chi connectivity index (χ4v) is 3.20. The van der Waals surface area contributed by atoms with Crippen molar-refractivity contribution in [2.45, 2.75) is 39.1 Å². The minimum Gasteiger partial charge on any atom is -0.489 e. The van der Waals surface area contributed by atoms with Crippen molar-refractivity contribution in [2.24, 2.45) is 0 Å². The Morgan fingerprint density at radius 3 is 2.46 bits per heavy atom. The van der Waals surface area contributed by atoms with E-state index in [2.05, 4.69) is 5.32 Å². The number of rotatable bonds is 5. The fourth-order valence-electron chi connectivity index (χ4n) is 3.20. The molecule has 1 heterocycles. The summed E-state index contributed by atoms with van der Waals surface area (Å²) in [6.45, 7) is 5.62. The molecule has 1 aliphatic heterocycles. The van der Waals surface area contributed by atoms with E-state index in [1.54, 1.807) is 17.0 Å². The van der Waals surface area contributed by atoms with E-state index < -0.39 is 11.9 Å². The van der Waals surface area contributed by atoms with Gasteiger partial charge in [-0.2, -0.15) is 0 Å². The minimum absolute atomic E-state index is 0. The van der Waals surface area contributed by atoms with Gasteiger partial charge in [-0.25, -0.2) is 9.18 Å². The Balaban J connectivity index is 0.00000280. The average Bonchev–Trinajstić information content (AvgIpc) is 2.67. The Labute approximate surface area is 171 Å². The van der Waals surface area contributed by atoms with Crippen LogP contribution in [0, 0.1) is 5.82 Å². The molecule has 2 aromatic carbocycles. The van der Waals surface area contributed by atoms with E-state index in [0.717, 1.165) is 18.7 Å². The number of nitrogens with zero attached hydrogens (tertiary/aromatic N) is 1. The number of carbonyl (C=O) groups excluding carboxylic acids is 1. The van der Waals surface area contributed by atoms with Gasteiger partial charge in [0, 0.05) is 30.7 Å². The van der Waals surface area contributed by atoms with Crippen molar-refractivity contribution in [2.75, 3.05) is 13.1 Å².